The van der Waals surface area contributed by atoms with Crippen molar-refractivity contribution in [3.63, 3.8) is 0 Å². The fourth-order valence-electron chi connectivity index (χ4n) is 3.46. The van der Waals surface area contributed by atoms with Gasteiger partial charge in [-0.25, -0.2) is 0 Å². The number of carbonyl (C=O) groups is 2. The molecule has 1 aliphatic carbocycles. The summed E-state index contributed by atoms with van der Waals surface area (Å²) in [5.41, 5.74) is 3.27. The van der Waals surface area contributed by atoms with Crippen molar-refractivity contribution >= 4 is 24.5 Å². The molecule has 1 aromatic rings. The topological polar surface area (TPSA) is 66.4 Å². The largest absolute Gasteiger partial charge is 0.400 e. The Morgan fingerprint density at radius 3 is 2.69 bits per heavy atom. The number of amides is 1. The van der Waals surface area contributed by atoms with Crippen LogP contribution in [-0.2, 0) is 16.0 Å². The molecule has 29 heavy (non-hydrogen) atoms. The summed E-state index contributed by atoms with van der Waals surface area (Å²) in [6, 6.07) is 6.61. The van der Waals surface area contributed by atoms with Crippen LogP contribution in [0.25, 0.3) is 0 Å². The molecule has 0 bridgehead atoms. The van der Waals surface area contributed by atoms with E-state index in [1.807, 2.05) is 23.9 Å². The Morgan fingerprint density at radius 2 is 1.97 bits per heavy atom. The second-order valence-electron chi connectivity index (χ2n) is 6.95. The van der Waals surface area contributed by atoms with E-state index in [0.717, 1.165) is 44.0 Å². The first-order valence-electron chi connectivity index (χ1n) is 10.5. The van der Waals surface area contributed by atoms with Gasteiger partial charge in [-0.2, -0.15) is 0 Å². The summed E-state index contributed by atoms with van der Waals surface area (Å²) in [5, 5.41) is 9.76. The molecule has 5 heteroatoms. The van der Waals surface area contributed by atoms with Gasteiger partial charge in [-0.3, -0.25) is 9.59 Å². The van der Waals surface area contributed by atoms with Gasteiger partial charge in [-0.15, -0.1) is 11.8 Å². The number of carbonyl (C=O) groups excluding carboxylic acids is 2. The molecule has 0 radical (unpaired) electrons. The number of thioether (sulfide) groups is 1. The zero-order valence-electron chi connectivity index (χ0n) is 17.7. The molecule has 2 rings (SSSR count). The predicted molar refractivity (Wildman–Crippen MR) is 122 cm³/mol. The monoisotopic (exact) mass is 417 g/mol. The molecule has 0 aliphatic heterocycles. The highest BCUT2D eigenvalue weighted by atomic mass is 32.2. The van der Waals surface area contributed by atoms with Gasteiger partial charge in [0.05, 0.1) is 0 Å². The molecule has 0 spiro atoms. The van der Waals surface area contributed by atoms with E-state index >= 15 is 0 Å². The molecule has 1 aliphatic rings. The molecule has 0 fully saturated rings. The Kier molecular flexibility index (Phi) is 13.9. The molecule has 160 valence electrons. The summed E-state index contributed by atoms with van der Waals surface area (Å²) >= 11 is 1.91. The average Bonchev–Trinajstić information content (AvgIpc) is 2.78. The summed E-state index contributed by atoms with van der Waals surface area (Å²) < 4.78 is 0. The molecule has 1 atom stereocenters. The van der Waals surface area contributed by atoms with Crippen molar-refractivity contribution in [1.82, 2.24) is 5.32 Å². The van der Waals surface area contributed by atoms with Gasteiger partial charge >= 0.3 is 0 Å². The van der Waals surface area contributed by atoms with Gasteiger partial charge in [0, 0.05) is 24.5 Å². The van der Waals surface area contributed by atoms with Crippen molar-refractivity contribution in [3.8, 4) is 0 Å². The van der Waals surface area contributed by atoms with Crippen LogP contribution in [0.2, 0.25) is 0 Å². The quantitative estimate of drug-likeness (QED) is 0.274. The number of hydrogen-bond donors (Lipinski definition) is 2. The lowest BCUT2D eigenvalue weighted by molar-refractivity contribution is -0.109. The third-order valence-corrected chi connectivity index (χ3v) is 6.04. The minimum Gasteiger partial charge on any atom is -0.400 e. The van der Waals surface area contributed by atoms with E-state index < -0.39 is 0 Å². The number of rotatable bonds is 13. The fourth-order valence-corrected chi connectivity index (χ4v) is 4.44. The Balaban J connectivity index is 0.00000204. The first kappa shape index (κ1) is 25.2. The third kappa shape index (κ3) is 9.01. The molecule has 1 amide bonds. The van der Waals surface area contributed by atoms with Crippen LogP contribution in [-0.4, -0.2) is 37.2 Å². The van der Waals surface area contributed by atoms with Gasteiger partial charge in [0.25, 0.3) is 0 Å². The smallest absolute Gasteiger partial charge is 0.207 e. The van der Waals surface area contributed by atoms with Gasteiger partial charge < -0.3 is 10.4 Å². The van der Waals surface area contributed by atoms with Crippen molar-refractivity contribution in [3.05, 3.63) is 53.1 Å². The lowest BCUT2D eigenvalue weighted by Gasteiger charge is -2.22. The maximum atomic E-state index is 11.5. The number of aldehydes is 1. The number of unbranched alkanes of at least 4 members (excludes halogenated alkanes) is 4. The molecule has 0 aromatic heterocycles. The maximum absolute atomic E-state index is 11.5. The number of allylic oxidation sites excluding steroid dienone is 4. The number of hydrogen-bond acceptors (Lipinski definition) is 4. The Labute approximate surface area is 179 Å². The van der Waals surface area contributed by atoms with E-state index in [9.17, 15) is 9.59 Å². The van der Waals surface area contributed by atoms with E-state index in [2.05, 4.69) is 36.5 Å². The van der Waals surface area contributed by atoms with Crippen molar-refractivity contribution in [1.29, 1.82) is 0 Å². The number of benzene rings is 1. The van der Waals surface area contributed by atoms with Crippen molar-refractivity contribution in [2.45, 2.75) is 62.7 Å². The van der Waals surface area contributed by atoms with Crippen LogP contribution in [0.4, 0.5) is 0 Å². The summed E-state index contributed by atoms with van der Waals surface area (Å²) in [5.74, 6) is 1.26. The number of aliphatic hydroxyl groups excluding tert-OH is 1. The molecule has 4 nitrogen and oxygen atoms in total. The van der Waals surface area contributed by atoms with Crippen LogP contribution in [0.5, 0.6) is 0 Å². The van der Waals surface area contributed by atoms with Gasteiger partial charge in [-0.1, -0.05) is 56.9 Å². The van der Waals surface area contributed by atoms with Crippen LogP contribution < -0.4 is 5.32 Å². The lowest BCUT2D eigenvalue weighted by Crippen LogP contribution is -2.16. The summed E-state index contributed by atoms with van der Waals surface area (Å²) in [6.07, 6.45) is 15.8. The number of aliphatic hydroxyl groups is 1. The summed E-state index contributed by atoms with van der Waals surface area (Å²) in [6.45, 7) is 2.86. The highest BCUT2D eigenvalue weighted by Gasteiger charge is 2.20. The first-order valence-corrected chi connectivity index (χ1v) is 11.5. The van der Waals surface area contributed by atoms with Crippen LogP contribution >= 0.6 is 11.8 Å². The van der Waals surface area contributed by atoms with E-state index in [1.54, 1.807) is 0 Å². The van der Waals surface area contributed by atoms with Gasteiger partial charge in [0.15, 0.2) is 0 Å². The molecular weight excluding hydrogens is 382 g/mol. The van der Waals surface area contributed by atoms with Gasteiger partial charge in [-0.05, 0) is 53.8 Å². The van der Waals surface area contributed by atoms with Crippen LogP contribution in [0.3, 0.4) is 0 Å². The van der Waals surface area contributed by atoms with E-state index in [4.69, 9.17) is 5.11 Å². The highest BCUT2D eigenvalue weighted by molar-refractivity contribution is 7.99. The standard InChI is InChI=1S/C23H31NO2S.CH4O/c1-2-3-4-5-8-15-27-21-11-12-23(19(16-21)13-14-24-18-26)22-10-7-6-9-20(22)17-25;1-2/h6-7,9,11-12,16-18,22H,2-5,8,10,13-15H2,1H3,(H,24,26);2H,1H3. The fraction of sp³-hybridized carbons (Fsp3) is 0.500. The van der Waals surface area contributed by atoms with Gasteiger partial charge in [0.2, 0.25) is 6.41 Å². The van der Waals surface area contributed by atoms with Crippen molar-refractivity contribution in [2.75, 3.05) is 19.4 Å². The maximum Gasteiger partial charge on any atom is 0.207 e. The van der Waals surface area contributed by atoms with Crippen LogP contribution in [0.1, 0.15) is 62.5 Å². The molecule has 0 saturated heterocycles. The van der Waals surface area contributed by atoms with Gasteiger partial charge in [0.1, 0.15) is 6.29 Å². The molecule has 0 heterocycles. The predicted octanol–water partition coefficient (Wildman–Crippen LogP) is 4.81. The lowest BCUT2D eigenvalue weighted by atomic mass is 9.83. The second kappa shape index (κ2) is 16.0. The molecule has 1 unspecified atom stereocenters. The van der Waals surface area contributed by atoms with E-state index in [-0.39, 0.29) is 5.92 Å². The molecule has 2 N–H and O–H groups in total. The number of nitrogens with one attached hydrogen (secondary N) is 1. The average molecular weight is 418 g/mol. The first-order chi connectivity index (χ1) is 14.3. The van der Waals surface area contributed by atoms with E-state index in [1.165, 1.54) is 48.1 Å². The minimum atomic E-state index is 0.117. The minimum absolute atomic E-state index is 0.117. The van der Waals surface area contributed by atoms with Crippen molar-refractivity contribution < 1.29 is 14.7 Å². The highest BCUT2D eigenvalue weighted by Crippen LogP contribution is 2.34. The normalized spacial score (nSPS) is 15.1. The SMILES string of the molecule is CCCCCCCSc1ccc(C2CC=CC=C2C=O)c(CCNC=O)c1.CO. The Hall–Kier alpha value is -1.85. The van der Waals surface area contributed by atoms with Crippen molar-refractivity contribution in [2.24, 2.45) is 0 Å². The van der Waals surface area contributed by atoms with E-state index in [0.29, 0.717) is 6.54 Å². The summed E-state index contributed by atoms with van der Waals surface area (Å²) in [4.78, 5) is 23.4. The Morgan fingerprint density at radius 1 is 1.17 bits per heavy atom. The molecule has 0 saturated carbocycles. The third-order valence-electron chi connectivity index (χ3n) is 4.96. The van der Waals surface area contributed by atoms with Crippen LogP contribution in [0, 0.1) is 0 Å². The zero-order chi connectivity index (χ0) is 21.3. The zero-order valence-corrected chi connectivity index (χ0v) is 18.5. The molecular formula is C24H35NO3S. The Bertz CT molecular complexity index is 670. The molecule has 1 aromatic carbocycles. The van der Waals surface area contributed by atoms with Crippen LogP contribution in [0.15, 0.2) is 46.9 Å². The second-order valence-corrected chi connectivity index (χ2v) is 8.11. The summed E-state index contributed by atoms with van der Waals surface area (Å²) in [7, 11) is 1.00.